The van der Waals surface area contributed by atoms with E-state index in [1.165, 1.54) is 13.8 Å². The van der Waals surface area contributed by atoms with Gasteiger partial charge in [-0.2, -0.15) is 0 Å². The molecule has 6 heteroatoms. The molecule has 2 rings (SSSR count). The van der Waals surface area contributed by atoms with Crippen LogP contribution in [0, 0.1) is 5.92 Å². The molecule has 29 heavy (non-hydrogen) atoms. The largest absolute Gasteiger partial charge is 0.497 e. The number of hydrogen-bond acceptors (Lipinski definition) is 5. The molecule has 0 aliphatic rings. The van der Waals surface area contributed by atoms with E-state index in [1.807, 2.05) is 62.4 Å². The molecule has 0 fully saturated rings. The number of ether oxygens (including phenoxy) is 1. The number of rotatable bonds is 5. The van der Waals surface area contributed by atoms with Crippen molar-refractivity contribution >= 4 is 17.5 Å². The van der Waals surface area contributed by atoms with E-state index in [0.29, 0.717) is 0 Å². The van der Waals surface area contributed by atoms with Crippen LogP contribution in [0.5, 0.6) is 5.75 Å². The minimum atomic E-state index is -0.630. The molecule has 0 radical (unpaired) electrons. The Morgan fingerprint density at radius 3 is 1.79 bits per heavy atom. The van der Waals surface area contributed by atoms with Crippen molar-refractivity contribution in [1.29, 1.82) is 0 Å². The molecule has 0 saturated heterocycles. The van der Waals surface area contributed by atoms with Crippen LogP contribution in [0.3, 0.4) is 0 Å². The highest BCUT2D eigenvalue weighted by molar-refractivity contribution is 5.99. The zero-order chi connectivity index (χ0) is 23.0. The molecule has 0 spiro atoms. The van der Waals surface area contributed by atoms with Crippen molar-refractivity contribution in [2.75, 3.05) is 14.2 Å². The number of nitrogens with two attached hydrogens (primary N) is 1. The van der Waals surface area contributed by atoms with Crippen molar-refractivity contribution in [3.8, 4) is 16.9 Å². The van der Waals surface area contributed by atoms with Crippen molar-refractivity contribution in [2.45, 2.75) is 34.6 Å². The lowest BCUT2D eigenvalue weighted by Gasteiger charge is -2.05. The van der Waals surface area contributed by atoms with Gasteiger partial charge < -0.3 is 15.6 Å². The van der Waals surface area contributed by atoms with Crippen LogP contribution in [0.15, 0.2) is 48.5 Å². The van der Waals surface area contributed by atoms with Crippen molar-refractivity contribution in [2.24, 2.45) is 11.7 Å². The normalized spacial score (nSPS) is 9.79. The van der Waals surface area contributed by atoms with Crippen molar-refractivity contribution in [3.63, 3.8) is 0 Å². The number of ketones is 2. The van der Waals surface area contributed by atoms with E-state index in [1.54, 1.807) is 14.0 Å². The Morgan fingerprint density at radius 2 is 1.45 bits per heavy atom. The second-order valence-electron chi connectivity index (χ2n) is 5.60. The first-order valence-corrected chi connectivity index (χ1v) is 9.26. The average molecular weight is 404 g/mol. The van der Waals surface area contributed by atoms with Crippen LogP contribution in [0.1, 0.15) is 45.0 Å². The molecule has 1 atom stereocenters. The Balaban J connectivity index is 0. The van der Waals surface area contributed by atoms with Gasteiger partial charge in [-0.15, -0.1) is 0 Å². The van der Waals surface area contributed by atoms with Gasteiger partial charge in [-0.05, 0) is 44.0 Å². The first kappa shape index (κ1) is 28.2. The number of hydrogen-bond donors (Lipinski definition) is 2. The summed E-state index contributed by atoms with van der Waals surface area (Å²) in [5.74, 6) is -0.453. The van der Waals surface area contributed by atoms with Gasteiger partial charge in [-0.3, -0.25) is 14.4 Å². The second kappa shape index (κ2) is 16.0. The molecule has 0 saturated carbocycles. The fraction of sp³-hybridized carbons (Fsp3) is 0.348. The number of benzene rings is 2. The van der Waals surface area contributed by atoms with Crippen LogP contribution in [0.2, 0.25) is 0 Å². The summed E-state index contributed by atoms with van der Waals surface area (Å²) in [5, 5.41) is 7.00. The van der Waals surface area contributed by atoms with Crippen LogP contribution in [-0.4, -0.2) is 36.8 Å². The first-order valence-electron chi connectivity index (χ1n) is 9.26. The van der Waals surface area contributed by atoms with Crippen LogP contribution in [0.25, 0.3) is 11.1 Å². The maximum Gasteiger partial charge on any atom is 0.227 e. The van der Waals surface area contributed by atoms with Gasteiger partial charge in [-0.1, -0.05) is 50.2 Å². The monoisotopic (exact) mass is 403 g/mol. The topological polar surface area (TPSA) is 107 Å². The molecular formula is C23H33NO5. The van der Waals surface area contributed by atoms with Crippen LogP contribution < -0.4 is 10.5 Å². The van der Waals surface area contributed by atoms with E-state index in [0.717, 1.165) is 29.5 Å². The van der Waals surface area contributed by atoms with Crippen molar-refractivity contribution < 1.29 is 24.2 Å². The lowest BCUT2D eigenvalue weighted by Crippen LogP contribution is -2.25. The highest BCUT2D eigenvalue weighted by atomic mass is 16.5. The summed E-state index contributed by atoms with van der Waals surface area (Å²) in [6.07, 6.45) is 0. The zero-order valence-electron chi connectivity index (χ0n) is 18.4. The molecule has 160 valence electrons. The average Bonchev–Trinajstić information content (AvgIpc) is 2.76. The quantitative estimate of drug-likeness (QED) is 0.582. The third-order valence-electron chi connectivity index (χ3n) is 3.73. The van der Waals surface area contributed by atoms with Gasteiger partial charge in [0.05, 0.1) is 13.0 Å². The van der Waals surface area contributed by atoms with E-state index in [9.17, 15) is 14.4 Å². The van der Waals surface area contributed by atoms with E-state index < -0.39 is 11.8 Å². The van der Waals surface area contributed by atoms with Crippen molar-refractivity contribution in [3.05, 3.63) is 54.1 Å². The van der Waals surface area contributed by atoms with Gasteiger partial charge in [-0.25, -0.2) is 0 Å². The molecule has 2 aromatic rings. The molecule has 3 N–H and O–H groups in total. The van der Waals surface area contributed by atoms with Crippen LogP contribution in [0.4, 0.5) is 0 Å². The van der Waals surface area contributed by atoms with Gasteiger partial charge in [0.25, 0.3) is 0 Å². The van der Waals surface area contributed by atoms with Crippen molar-refractivity contribution in [1.82, 2.24) is 0 Å². The molecule has 0 aliphatic carbocycles. The minimum absolute atomic E-state index is 0.0854. The number of aliphatic hydroxyl groups is 1. The summed E-state index contributed by atoms with van der Waals surface area (Å²) in [4.78, 5) is 31.6. The second-order valence-corrected chi connectivity index (χ2v) is 5.60. The molecular weight excluding hydrogens is 370 g/mol. The van der Waals surface area contributed by atoms with Gasteiger partial charge in [0.1, 0.15) is 11.5 Å². The highest BCUT2D eigenvalue weighted by Gasteiger charge is 2.12. The lowest BCUT2D eigenvalue weighted by molar-refractivity contribution is -0.130. The third kappa shape index (κ3) is 10.8. The Labute approximate surface area is 173 Å². The summed E-state index contributed by atoms with van der Waals surface area (Å²) in [6.45, 7) is 8.40. The van der Waals surface area contributed by atoms with Gasteiger partial charge in [0.15, 0.2) is 5.78 Å². The standard InChI is InChI=1S/C15H14O2.C5H9NO2.C2H6.CH4O/c1-11(16)12-6-8-13(9-7-12)14-4-3-5-15(10-14)17-2;1-3(4(2)7)5(6)8;2*1-2/h3-10H,1-2H3;3H,1-2H3,(H2,6,8);1-2H3;2H,1H3. The first-order chi connectivity index (χ1) is 13.8. The maximum absolute atomic E-state index is 11.2. The van der Waals surface area contributed by atoms with Crippen LogP contribution >= 0.6 is 0 Å². The van der Waals surface area contributed by atoms with Crippen LogP contribution in [-0.2, 0) is 9.59 Å². The van der Waals surface area contributed by atoms with E-state index in [-0.39, 0.29) is 11.6 Å². The highest BCUT2D eigenvalue weighted by Crippen LogP contribution is 2.24. The molecule has 6 nitrogen and oxygen atoms in total. The number of aliphatic hydroxyl groups excluding tert-OH is 1. The molecule has 1 amide bonds. The summed E-state index contributed by atoms with van der Waals surface area (Å²) in [6, 6.07) is 15.4. The van der Waals surface area contributed by atoms with E-state index >= 15 is 0 Å². The Bertz CT molecular complexity index is 740. The minimum Gasteiger partial charge on any atom is -0.497 e. The summed E-state index contributed by atoms with van der Waals surface area (Å²) in [5.41, 5.74) is 7.67. The fourth-order valence-electron chi connectivity index (χ4n) is 1.90. The number of amides is 1. The van der Waals surface area contributed by atoms with Gasteiger partial charge in [0.2, 0.25) is 5.91 Å². The molecule has 0 bridgehead atoms. The molecule has 1 unspecified atom stereocenters. The zero-order valence-corrected chi connectivity index (χ0v) is 18.4. The third-order valence-corrected chi connectivity index (χ3v) is 3.73. The van der Waals surface area contributed by atoms with Gasteiger partial charge in [0, 0.05) is 12.7 Å². The number of primary amides is 1. The Hall–Kier alpha value is -2.99. The lowest BCUT2D eigenvalue weighted by atomic mass is 10.0. The van der Waals surface area contributed by atoms with E-state index in [2.05, 4.69) is 0 Å². The van der Waals surface area contributed by atoms with E-state index in [4.69, 9.17) is 15.6 Å². The Morgan fingerprint density at radius 1 is 0.931 bits per heavy atom. The SMILES string of the molecule is CC.CC(=O)C(C)C(N)=O.CO.COc1cccc(-c2ccc(C(C)=O)cc2)c1. The smallest absolute Gasteiger partial charge is 0.227 e. The number of carbonyl (C=O) groups is 3. The predicted molar refractivity (Wildman–Crippen MR) is 117 cm³/mol. The number of carbonyl (C=O) groups excluding carboxylic acids is 3. The Kier molecular flexibility index (Phi) is 15.6. The molecule has 2 aromatic carbocycles. The summed E-state index contributed by atoms with van der Waals surface area (Å²) < 4.78 is 5.18. The maximum atomic E-state index is 11.2. The molecule has 0 aliphatic heterocycles. The fourth-order valence-corrected chi connectivity index (χ4v) is 1.90. The molecule has 0 heterocycles. The molecule has 0 aromatic heterocycles. The summed E-state index contributed by atoms with van der Waals surface area (Å²) in [7, 11) is 2.65. The van der Waals surface area contributed by atoms with Gasteiger partial charge >= 0.3 is 0 Å². The predicted octanol–water partition coefficient (Wildman–Crippen LogP) is 3.90. The number of methoxy groups -OCH3 is 1. The summed E-state index contributed by atoms with van der Waals surface area (Å²) >= 11 is 0. The number of Topliss-reactive ketones (excluding diaryl/α,β-unsaturated/α-hetero) is 2.